The smallest absolute Gasteiger partial charge is 0.0922 e. The summed E-state index contributed by atoms with van der Waals surface area (Å²) in [6.45, 7) is 1.85. The highest BCUT2D eigenvalue weighted by molar-refractivity contribution is 4.93. The third-order valence-corrected chi connectivity index (χ3v) is 3.16. The molecule has 2 unspecified atom stereocenters. The second-order valence-corrected chi connectivity index (χ2v) is 4.53. The quantitative estimate of drug-likeness (QED) is 0.778. The maximum Gasteiger partial charge on any atom is 0.0922 e. The Bertz CT molecular complexity index is 286. The zero-order valence-electron chi connectivity index (χ0n) is 9.19. The van der Waals surface area contributed by atoms with Crippen LogP contribution in [0.2, 0.25) is 0 Å². The molecule has 0 aromatic carbocycles. The minimum Gasteiger partial charge on any atom is -0.393 e. The Balaban J connectivity index is 1.79. The molecule has 1 aromatic rings. The van der Waals surface area contributed by atoms with Gasteiger partial charge in [-0.3, -0.25) is 0 Å². The van der Waals surface area contributed by atoms with Crippen LogP contribution in [-0.4, -0.2) is 39.7 Å². The standard InChI is InChI=1S/C11H19N3O/c1-14(7-10-5-12-8-13-10)6-9-3-2-4-11(9)15/h5,8-9,11,15H,2-4,6-7H2,1H3,(H,12,13). The summed E-state index contributed by atoms with van der Waals surface area (Å²) in [5, 5.41) is 9.72. The second-order valence-electron chi connectivity index (χ2n) is 4.53. The van der Waals surface area contributed by atoms with E-state index in [1.807, 2.05) is 6.20 Å². The number of imidazole rings is 1. The van der Waals surface area contributed by atoms with Crippen molar-refractivity contribution in [2.45, 2.75) is 31.9 Å². The number of aliphatic hydroxyl groups excluding tert-OH is 1. The van der Waals surface area contributed by atoms with E-state index in [2.05, 4.69) is 21.9 Å². The number of nitrogens with one attached hydrogen (secondary N) is 1. The van der Waals surface area contributed by atoms with Crippen LogP contribution in [0.5, 0.6) is 0 Å². The Morgan fingerprint density at radius 1 is 1.60 bits per heavy atom. The molecule has 0 amide bonds. The van der Waals surface area contributed by atoms with Crippen molar-refractivity contribution in [3.05, 3.63) is 18.2 Å². The number of aliphatic hydroxyl groups is 1. The van der Waals surface area contributed by atoms with Gasteiger partial charge in [0.1, 0.15) is 0 Å². The van der Waals surface area contributed by atoms with Gasteiger partial charge in [0.05, 0.1) is 12.4 Å². The summed E-state index contributed by atoms with van der Waals surface area (Å²) in [7, 11) is 2.09. The molecule has 2 rings (SSSR count). The van der Waals surface area contributed by atoms with E-state index in [1.165, 1.54) is 6.42 Å². The molecule has 0 bridgehead atoms. The number of hydrogen-bond acceptors (Lipinski definition) is 3. The van der Waals surface area contributed by atoms with Crippen molar-refractivity contribution in [3.63, 3.8) is 0 Å². The van der Waals surface area contributed by atoms with E-state index >= 15 is 0 Å². The third kappa shape index (κ3) is 2.79. The Morgan fingerprint density at radius 2 is 2.47 bits per heavy atom. The van der Waals surface area contributed by atoms with E-state index in [0.717, 1.165) is 31.6 Å². The van der Waals surface area contributed by atoms with Crippen LogP contribution in [-0.2, 0) is 6.54 Å². The average molecular weight is 209 g/mol. The Kier molecular flexibility index (Phi) is 3.38. The first-order valence-electron chi connectivity index (χ1n) is 5.59. The minimum atomic E-state index is -0.0887. The monoisotopic (exact) mass is 209 g/mol. The van der Waals surface area contributed by atoms with Crippen molar-refractivity contribution < 1.29 is 5.11 Å². The molecule has 1 fully saturated rings. The molecule has 1 aromatic heterocycles. The molecule has 84 valence electrons. The van der Waals surface area contributed by atoms with Gasteiger partial charge in [-0.1, -0.05) is 6.42 Å². The van der Waals surface area contributed by atoms with Gasteiger partial charge in [-0.2, -0.15) is 0 Å². The number of aromatic amines is 1. The first-order chi connectivity index (χ1) is 7.25. The van der Waals surface area contributed by atoms with Gasteiger partial charge < -0.3 is 15.0 Å². The van der Waals surface area contributed by atoms with Crippen LogP contribution in [0.3, 0.4) is 0 Å². The molecule has 0 radical (unpaired) electrons. The van der Waals surface area contributed by atoms with E-state index in [1.54, 1.807) is 6.33 Å². The molecule has 15 heavy (non-hydrogen) atoms. The number of hydrogen-bond donors (Lipinski definition) is 2. The van der Waals surface area contributed by atoms with Gasteiger partial charge in [0.15, 0.2) is 0 Å². The largest absolute Gasteiger partial charge is 0.393 e. The fourth-order valence-electron chi connectivity index (χ4n) is 2.36. The molecule has 0 saturated heterocycles. The molecule has 0 spiro atoms. The summed E-state index contributed by atoms with van der Waals surface area (Å²) in [4.78, 5) is 9.32. The Labute approximate surface area is 90.3 Å². The minimum absolute atomic E-state index is 0.0887. The van der Waals surface area contributed by atoms with E-state index < -0.39 is 0 Å². The van der Waals surface area contributed by atoms with Gasteiger partial charge >= 0.3 is 0 Å². The summed E-state index contributed by atoms with van der Waals surface area (Å²) in [6, 6.07) is 0. The molecule has 2 N–H and O–H groups in total. The van der Waals surface area contributed by atoms with Crippen LogP contribution in [0.4, 0.5) is 0 Å². The van der Waals surface area contributed by atoms with E-state index in [-0.39, 0.29) is 6.10 Å². The van der Waals surface area contributed by atoms with Crippen molar-refractivity contribution >= 4 is 0 Å². The van der Waals surface area contributed by atoms with E-state index in [4.69, 9.17) is 0 Å². The van der Waals surface area contributed by atoms with Crippen LogP contribution in [0.1, 0.15) is 25.0 Å². The zero-order valence-corrected chi connectivity index (χ0v) is 9.19. The number of H-pyrrole nitrogens is 1. The summed E-state index contributed by atoms with van der Waals surface area (Å²) < 4.78 is 0. The van der Waals surface area contributed by atoms with Gasteiger partial charge in [-0.05, 0) is 25.8 Å². The summed E-state index contributed by atoms with van der Waals surface area (Å²) in [5.41, 5.74) is 1.13. The Hall–Kier alpha value is -0.870. The SMILES string of the molecule is CN(Cc1cnc[nH]1)CC1CCCC1O. The van der Waals surface area contributed by atoms with Gasteiger partial charge in [-0.15, -0.1) is 0 Å². The lowest BCUT2D eigenvalue weighted by Crippen LogP contribution is -2.29. The van der Waals surface area contributed by atoms with Gasteiger partial charge in [-0.25, -0.2) is 4.98 Å². The van der Waals surface area contributed by atoms with Gasteiger partial charge in [0, 0.05) is 25.0 Å². The second kappa shape index (κ2) is 4.77. The number of rotatable bonds is 4. The van der Waals surface area contributed by atoms with Gasteiger partial charge in [0.25, 0.3) is 0 Å². The van der Waals surface area contributed by atoms with E-state index in [9.17, 15) is 5.11 Å². The lowest BCUT2D eigenvalue weighted by atomic mass is 10.1. The predicted molar refractivity (Wildman–Crippen MR) is 58.3 cm³/mol. The highest BCUT2D eigenvalue weighted by Crippen LogP contribution is 2.26. The van der Waals surface area contributed by atoms with Crippen molar-refractivity contribution in [1.82, 2.24) is 14.9 Å². The predicted octanol–water partition coefficient (Wildman–Crippen LogP) is 1.00. The third-order valence-electron chi connectivity index (χ3n) is 3.16. The topological polar surface area (TPSA) is 52.2 Å². The highest BCUT2D eigenvalue weighted by atomic mass is 16.3. The number of nitrogens with zero attached hydrogens (tertiary/aromatic N) is 2. The zero-order chi connectivity index (χ0) is 10.7. The van der Waals surface area contributed by atoms with Crippen molar-refractivity contribution in [2.75, 3.05) is 13.6 Å². The summed E-state index contributed by atoms with van der Waals surface area (Å²) in [5.74, 6) is 0.456. The van der Waals surface area contributed by atoms with Crippen molar-refractivity contribution in [1.29, 1.82) is 0 Å². The Morgan fingerprint density at radius 3 is 3.07 bits per heavy atom. The fourth-order valence-corrected chi connectivity index (χ4v) is 2.36. The lowest BCUT2D eigenvalue weighted by molar-refractivity contribution is 0.107. The average Bonchev–Trinajstić information content (AvgIpc) is 2.79. The fraction of sp³-hybridized carbons (Fsp3) is 0.727. The molecule has 1 heterocycles. The van der Waals surface area contributed by atoms with Crippen LogP contribution in [0, 0.1) is 5.92 Å². The van der Waals surface area contributed by atoms with Crippen LogP contribution in [0.25, 0.3) is 0 Å². The van der Waals surface area contributed by atoms with E-state index in [0.29, 0.717) is 5.92 Å². The molecule has 1 aliphatic carbocycles. The number of aromatic nitrogens is 2. The van der Waals surface area contributed by atoms with Crippen LogP contribution < -0.4 is 0 Å². The normalized spacial score (nSPS) is 26.3. The summed E-state index contributed by atoms with van der Waals surface area (Å²) in [6.07, 6.45) is 6.77. The van der Waals surface area contributed by atoms with Crippen molar-refractivity contribution in [2.24, 2.45) is 5.92 Å². The highest BCUT2D eigenvalue weighted by Gasteiger charge is 2.25. The molecule has 2 atom stereocenters. The molecule has 0 aliphatic heterocycles. The van der Waals surface area contributed by atoms with Crippen LogP contribution >= 0.6 is 0 Å². The molecule has 1 saturated carbocycles. The molecular formula is C11H19N3O. The molecule has 4 heteroatoms. The first-order valence-corrected chi connectivity index (χ1v) is 5.59. The van der Waals surface area contributed by atoms with Crippen molar-refractivity contribution in [3.8, 4) is 0 Å². The summed E-state index contributed by atoms with van der Waals surface area (Å²) >= 11 is 0. The molecule has 1 aliphatic rings. The maximum absolute atomic E-state index is 9.72. The lowest BCUT2D eigenvalue weighted by Gasteiger charge is -2.22. The molecule has 4 nitrogen and oxygen atoms in total. The maximum atomic E-state index is 9.72. The molecular weight excluding hydrogens is 190 g/mol. The first kappa shape index (κ1) is 10.6. The van der Waals surface area contributed by atoms with Crippen LogP contribution in [0.15, 0.2) is 12.5 Å². The van der Waals surface area contributed by atoms with Gasteiger partial charge in [0.2, 0.25) is 0 Å².